The fourth-order valence-electron chi connectivity index (χ4n) is 2.35. The summed E-state index contributed by atoms with van der Waals surface area (Å²) in [4.78, 5) is 0. The van der Waals surface area contributed by atoms with Gasteiger partial charge in [-0.2, -0.15) is 0 Å². The molecule has 1 heterocycles. The van der Waals surface area contributed by atoms with Crippen molar-refractivity contribution in [2.24, 2.45) is 0 Å². The molecule has 0 radical (unpaired) electrons. The standard InChI is InChI=1S/C18H28O4/c1-2-8-17(9-3-1)16-20-13-6-11-19-12-7-15-22-18-10-4-5-14-21-18/h1-3,8-9,18H,4-7,10-16H2. The first-order chi connectivity index (χ1) is 10.9. The monoisotopic (exact) mass is 308 g/mol. The van der Waals surface area contributed by atoms with Crippen molar-refractivity contribution < 1.29 is 18.9 Å². The lowest BCUT2D eigenvalue weighted by molar-refractivity contribution is -0.164. The highest BCUT2D eigenvalue weighted by molar-refractivity contribution is 5.13. The molecule has 4 heteroatoms. The van der Waals surface area contributed by atoms with Gasteiger partial charge in [0.15, 0.2) is 6.29 Å². The molecule has 0 amide bonds. The molecule has 1 atom stereocenters. The second-order valence-electron chi connectivity index (χ2n) is 5.52. The normalized spacial score (nSPS) is 18.5. The van der Waals surface area contributed by atoms with Crippen LogP contribution in [0.25, 0.3) is 0 Å². The fraction of sp³-hybridized carbons (Fsp3) is 0.667. The maximum Gasteiger partial charge on any atom is 0.157 e. The van der Waals surface area contributed by atoms with Crippen LogP contribution >= 0.6 is 0 Å². The van der Waals surface area contributed by atoms with E-state index in [0.29, 0.717) is 6.61 Å². The zero-order valence-electron chi connectivity index (χ0n) is 13.4. The Labute approximate surface area is 133 Å². The van der Waals surface area contributed by atoms with Gasteiger partial charge < -0.3 is 18.9 Å². The molecule has 1 aromatic carbocycles. The van der Waals surface area contributed by atoms with Gasteiger partial charge in [0.1, 0.15) is 0 Å². The number of benzene rings is 1. The van der Waals surface area contributed by atoms with Crippen molar-refractivity contribution in [1.82, 2.24) is 0 Å². The van der Waals surface area contributed by atoms with Crippen LogP contribution in [0.2, 0.25) is 0 Å². The number of hydrogen-bond donors (Lipinski definition) is 0. The largest absolute Gasteiger partial charge is 0.381 e. The minimum absolute atomic E-state index is 0.0140. The maximum absolute atomic E-state index is 5.65. The van der Waals surface area contributed by atoms with Crippen LogP contribution in [-0.4, -0.2) is 39.3 Å². The van der Waals surface area contributed by atoms with Crippen molar-refractivity contribution in [3.63, 3.8) is 0 Å². The summed E-state index contributed by atoms with van der Waals surface area (Å²) in [6.45, 7) is 4.46. The molecular weight excluding hydrogens is 280 g/mol. The highest BCUT2D eigenvalue weighted by Gasteiger charge is 2.13. The second-order valence-corrected chi connectivity index (χ2v) is 5.52. The Morgan fingerprint density at radius 1 is 0.909 bits per heavy atom. The number of rotatable bonds is 11. The summed E-state index contributed by atoms with van der Waals surface area (Å²) in [5.74, 6) is 0. The van der Waals surface area contributed by atoms with E-state index in [0.717, 1.165) is 58.7 Å². The van der Waals surface area contributed by atoms with E-state index in [4.69, 9.17) is 18.9 Å². The molecule has 0 N–H and O–H groups in total. The topological polar surface area (TPSA) is 36.9 Å². The molecule has 1 unspecified atom stereocenters. The van der Waals surface area contributed by atoms with Crippen molar-refractivity contribution in [2.75, 3.05) is 33.0 Å². The first-order valence-electron chi connectivity index (χ1n) is 8.38. The minimum Gasteiger partial charge on any atom is -0.381 e. The quantitative estimate of drug-likeness (QED) is 0.586. The van der Waals surface area contributed by atoms with Crippen LogP contribution in [0.5, 0.6) is 0 Å². The van der Waals surface area contributed by atoms with Gasteiger partial charge in [-0.25, -0.2) is 0 Å². The molecule has 0 aliphatic carbocycles. The Morgan fingerprint density at radius 3 is 2.45 bits per heavy atom. The third-order valence-corrected chi connectivity index (χ3v) is 3.56. The molecule has 1 aromatic rings. The van der Waals surface area contributed by atoms with Gasteiger partial charge in [-0.1, -0.05) is 30.3 Å². The molecule has 1 fully saturated rings. The highest BCUT2D eigenvalue weighted by Crippen LogP contribution is 2.13. The molecule has 4 nitrogen and oxygen atoms in total. The summed E-state index contributed by atoms with van der Waals surface area (Å²) in [5.41, 5.74) is 1.21. The van der Waals surface area contributed by atoms with Gasteiger partial charge in [0.05, 0.1) is 13.2 Å². The van der Waals surface area contributed by atoms with Gasteiger partial charge in [-0.3, -0.25) is 0 Å². The first kappa shape index (κ1) is 17.4. The summed E-state index contributed by atoms with van der Waals surface area (Å²) in [7, 11) is 0. The van der Waals surface area contributed by atoms with E-state index in [-0.39, 0.29) is 6.29 Å². The van der Waals surface area contributed by atoms with Crippen LogP contribution in [0, 0.1) is 0 Å². The van der Waals surface area contributed by atoms with Crippen molar-refractivity contribution in [1.29, 1.82) is 0 Å². The second kappa shape index (κ2) is 11.6. The molecule has 0 bridgehead atoms. The minimum atomic E-state index is 0.0140. The molecule has 2 rings (SSSR count). The summed E-state index contributed by atoms with van der Waals surface area (Å²) in [6, 6.07) is 10.2. The summed E-state index contributed by atoms with van der Waals surface area (Å²) in [6.07, 6.45) is 5.27. The van der Waals surface area contributed by atoms with Crippen LogP contribution < -0.4 is 0 Å². The van der Waals surface area contributed by atoms with Crippen LogP contribution in [-0.2, 0) is 25.6 Å². The van der Waals surface area contributed by atoms with E-state index in [1.54, 1.807) is 0 Å². The van der Waals surface area contributed by atoms with E-state index >= 15 is 0 Å². The van der Waals surface area contributed by atoms with Crippen molar-refractivity contribution in [3.05, 3.63) is 35.9 Å². The summed E-state index contributed by atoms with van der Waals surface area (Å²) in [5, 5.41) is 0. The van der Waals surface area contributed by atoms with Crippen LogP contribution in [0.1, 0.15) is 37.7 Å². The zero-order valence-corrected chi connectivity index (χ0v) is 13.4. The number of hydrogen-bond acceptors (Lipinski definition) is 4. The van der Waals surface area contributed by atoms with E-state index in [1.807, 2.05) is 18.2 Å². The Hall–Kier alpha value is -0.940. The Balaban J connectivity index is 1.32. The fourth-order valence-corrected chi connectivity index (χ4v) is 2.35. The molecular formula is C18H28O4. The van der Waals surface area contributed by atoms with E-state index in [9.17, 15) is 0 Å². The van der Waals surface area contributed by atoms with Gasteiger partial charge >= 0.3 is 0 Å². The van der Waals surface area contributed by atoms with Gasteiger partial charge in [0.2, 0.25) is 0 Å². The van der Waals surface area contributed by atoms with Gasteiger partial charge in [-0.15, -0.1) is 0 Å². The molecule has 124 valence electrons. The summed E-state index contributed by atoms with van der Waals surface area (Å²) < 4.78 is 22.3. The predicted molar refractivity (Wildman–Crippen MR) is 85.7 cm³/mol. The molecule has 0 saturated carbocycles. The third-order valence-electron chi connectivity index (χ3n) is 3.56. The van der Waals surface area contributed by atoms with Crippen molar-refractivity contribution >= 4 is 0 Å². The smallest absolute Gasteiger partial charge is 0.157 e. The molecule has 1 saturated heterocycles. The average molecular weight is 308 g/mol. The Bertz CT molecular complexity index is 363. The maximum atomic E-state index is 5.65. The van der Waals surface area contributed by atoms with Crippen molar-refractivity contribution in [2.45, 2.75) is 45.0 Å². The lowest BCUT2D eigenvalue weighted by Crippen LogP contribution is -2.23. The van der Waals surface area contributed by atoms with Crippen molar-refractivity contribution in [3.8, 4) is 0 Å². The Kier molecular flexibility index (Phi) is 9.19. The van der Waals surface area contributed by atoms with Crippen LogP contribution in [0.3, 0.4) is 0 Å². The third kappa shape index (κ3) is 7.90. The molecule has 1 aliphatic rings. The molecule has 22 heavy (non-hydrogen) atoms. The van der Waals surface area contributed by atoms with Gasteiger partial charge in [-0.05, 0) is 37.7 Å². The first-order valence-corrected chi connectivity index (χ1v) is 8.38. The lowest BCUT2D eigenvalue weighted by Gasteiger charge is -2.22. The van der Waals surface area contributed by atoms with Gasteiger partial charge in [0.25, 0.3) is 0 Å². The van der Waals surface area contributed by atoms with E-state index in [1.165, 1.54) is 12.0 Å². The van der Waals surface area contributed by atoms with E-state index < -0.39 is 0 Å². The highest BCUT2D eigenvalue weighted by atomic mass is 16.7. The zero-order chi connectivity index (χ0) is 15.3. The molecule has 0 aromatic heterocycles. The van der Waals surface area contributed by atoms with Crippen LogP contribution in [0.4, 0.5) is 0 Å². The summed E-state index contributed by atoms with van der Waals surface area (Å²) >= 11 is 0. The average Bonchev–Trinajstić information content (AvgIpc) is 2.58. The van der Waals surface area contributed by atoms with Gasteiger partial charge in [0, 0.05) is 26.4 Å². The number of ether oxygens (including phenoxy) is 4. The molecule has 0 spiro atoms. The van der Waals surface area contributed by atoms with E-state index in [2.05, 4.69) is 12.1 Å². The SMILES string of the molecule is c1ccc(COCCCOCCCOC2CCCCO2)cc1. The molecule has 1 aliphatic heterocycles. The Morgan fingerprint density at radius 2 is 1.68 bits per heavy atom. The van der Waals surface area contributed by atoms with Crippen LogP contribution in [0.15, 0.2) is 30.3 Å². The predicted octanol–water partition coefficient (Wildman–Crippen LogP) is 3.54. The lowest BCUT2D eigenvalue weighted by atomic mass is 10.2.